The van der Waals surface area contributed by atoms with Crippen molar-refractivity contribution in [2.24, 2.45) is 0 Å². The molecular formula is C6H3N2O. The zero-order chi connectivity index (χ0) is 6.10. The molecule has 0 fully saturated rings. The van der Waals surface area contributed by atoms with Gasteiger partial charge in [0.2, 0.25) is 0 Å². The molecule has 0 spiro atoms. The number of hydrogen-bond acceptors (Lipinski definition) is 3. The number of aromatic nitrogens is 2. The molecule has 9 heavy (non-hydrogen) atoms. The molecular weight excluding hydrogens is 116 g/mol. The minimum atomic E-state index is 0.678. The Balaban J connectivity index is 2.95. The van der Waals surface area contributed by atoms with Crippen LogP contribution in [-0.4, -0.2) is 10.1 Å². The predicted octanol–water partition coefficient (Wildman–Crippen LogP) is 1.02. The Kier molecular flexibility index (Phi) is 0.773. The second-order valence-electron chi connectivity index (χ2n) is 1.64. The van der Waals surface area contributed by atoms with Gasteiger partial charge < -0.3 is 4.52 Å². The van der Waals surface area contributed by atoms with E-state index < -0.39 is 0 Å². The van der Waals surface area contributed by atoms with Gasteiger partial charge in [-0.05, 0) is 6.07 Å². The largest absolute Gasteiger partial charge is 0.362 e. The van der Waals surface area contributed by atoms with E-state index in [1.165, 1.54) is 6.26 Å². The summed E-state index contributed by atoms with van der Waals surface area (Å²) < 4.78 is 4.62. The lowest BCUT2D eigenvalue weighted by Gasteiger charge is -1.77. The molecule has 1 radical (unpaired) electrons. The van der Waals surface area contributed by atoms with E-state index in [0.29, 0.717) is 5.52 Å². The second kappa shape index (κ2) is 1.55. The first kappa shape index (κ1) is 4.49. The second-order valence-corrected chi connectivity index (χ2v) is 1.64. The van der Waals surface area contributed by atoms with E-state index in [9.17, 15) is 0 Å². The third-order valence-electron chi connectivity index (χ3n) is 1.06. The van der Waals surface area contributed by atoms with Crippen molar-refractivity contribution in [3.63, 3.8) is 0 Å². The summed E-state index contributed by atoms with van der Waals surface area (Å²) in [6.45, 7) is 0. The van der Waals surface area contributed by atoms with Gasteiger partial charge in [0.05, 0.1) is 0 Å². The van der Waals surface area contributed by atoms with E-state index in [0.717, 1.165) is 5.52 Å². The molecule has 0 atom stereocenters. The van der Waals surface area contributed by atoms with Crippen LogP contribution in [-0.2, 0) is 0 Å². The van der Waals surface area contributed by atoms with Gasteiger partial charge in [-0.3, -0.25) is 4.98 Å². The number of nitrogens with zero attached hydrogens (tertiary/aromatic N) is 2. The molecule has 0 aliphatic heterocycles. The van der Waals surface area contributed by atoms with Crippen molar-refractivity contribution >= 4 is 11.0 Å². The van der Waals surface area contributed by atoms with Crippen LogP contribution in [0.5, 0.6) is 0 Å². The van der Waals surface area contributed by atoms with Crippen molar-refractivity contribution in [2.45, 2.75) is 0 Å². The van der Waals surface area contributed by atoms with Crippen molar-refractivity contribution < 1.29 is 4.52 Å². The zero-order valence-corrected chi connectivity index (χ0v) is 4.53. The zero-order valence-electron chi connectivity index (χ0n) is 4.53. The average molecular weight is 119 g/mol. The van der Waals surface area contributed by atoms with Gasteiger partial charge in [0, 0.05) is 12.3 Å². The Bertz CT molecular complexity index is 285. The molecule has 0 unspecified atom stereocenters. The van der Waals surface area contributed by atoms with Crippen LogP contribution in [0.15, 0.2) is 23.0 Å². The number of pyridine rings is 1. The summed E-state index contributed by atoms with van der Waals surface area (Å²) in [4.78, 5) is 3.95. The standard InChI is InChI=1S/C6H3N2O/c1-2-5-6(7-3-1)4-9-8-5/h1,3-4H. The Hall–Kier alpha value is -1.38. The highest BCUT2D eigenvalue weighted by atomic mass is 16.5. The van der Waals surface area contributed by atoms with Crippen molar-refractivity contribution in [3.8, 4) is 0 Å². The lowest BCUT2D eigenvalue weighted by molar-refractivity contribution is 0.428. The average Bonchev–Trinajstić information content (AvgIpc) is 2.33. The highest BCUT2D eigenvalue weighted by Gasteiger charge is 1.93. The van der Waals surface area contributed by atoms with Crippen LogP contribution in [0, 0.1) is 6.07 Å². The fraction of sp³-hybridized carbons (Fsp3) is 0. The summed E-state index contributed by atoms with van der Waals surface area (Å²) in [5, 5.41) is 3.63. The lowest BCUT2D eigenvalue weighted by Crippen LogP contribution is -1.69. The van der Waals surface area contributed by atoms with Gasteiger partial charge in [0.25, 0.3) is 0 Å². The smallest absolute Gasteiger partial charge is 0.150 e. The highest BCUT2D eigenvalue weighted by molar-refractivity contribution is 5.70. The normalized spacial score (nSPS) is 10.2. The molecule has 2 heterocycles. The maximum absolute atomic E-state index is 4.62. The van der Waals surface area contributed by atoms with Gasteiger partial charge >= 0.3 is 0 Å². The monoisotopic (exact) mass is 119 g/mol. The van der Waals surface area contributed by atoms with Crippen LogP contribution in [0.4, 0.5) is 0 Å². The Morgan fingerprint density at radius 2 is 2.56 bits per heavy atom. The molecule has 3 heteroatoms. The van der Waals surface area contributed by atoms with Crippen LogP contribution < -0.4 is 0 Å². The van der Waals surface area contributed by atoms with Crippen LogP contribution >= 0.6 is 0 Å². The molecule has 0 amide bonds. The summed E-state index contributed by atoms with van der Waals surface area (Å²) in [5.74, 6) is 0. The van der Waals surface area contributed by atoms with Crippen molar-refractivity contribution in [1.82, 2.24) is 10.1 Å². The van der Waals surface area contributed by atoms with E-state index in [1.807, 2.05) is 0 Å². The van der Waals surface area contributed by atoms with E-state index in [2.05, 4.69) is 20.7 Å². The third kappa shape index (κ3) is 0.579. The predicted molar refractivity (Wildman–Crippen MR) is 30.6 cm³/mol. The maximum atomic E-state index is 4.62. The first-order valence-electron chi connectivity index (χ1n) is 2.53. The summed E-state index contributed by atoms with van der Waals surface area (Å²) in [5.41, 5.74) is 1.43. The van der Waals surface area contributed by atoms with Crippen LogP contribution in [0.2, 0.25) is 0 Å². The third-order valence-corrected chi connectivity index (χ3v) is 1.06. The molecule has 2 rings (SSSR count). The fourth-order valence-corrected chi connectivity index (χ4v) is 0.657. The van der Waals surface area contributed by atoms with E-state index in [1.54, 1.807) is 12.3 Å². The molecule has 0 aliphatic rings. The number of hydrogen-bond donors (Lipinski definition) is 0. The topological polar surface area (TPSA) is 38.9 Å². The summed E-state index contributed by atoms with van der Waals surface area (Å²) in [7, 11) is 0. The molecule has 2 aromatic heterocycles. The Morgan fingerprint density at radius 1 is 1.56 bits per heavy atom. The highest BCUT2D eigenvalue weighted by Crippen LogP contribution is 2.04. The van der Waals surface area contributed by atoms with Gasteiger partial charge in [-0.15, -0.1) is 0 Å². The summed E-state index contributed by atoms with van der Waals surface area (Å²) in [6, 6.07) is 4.56. The molecule has 0 aromatic carbocycles. The Morgan fingerprint density at radius 3 is 3.44 bits per heavy atom. The molecule has 2 aromatic rings. The van der Waals surface area contributed by atoms with Crippen LogP contribution in [0.3, 0.4) is 0 Å². The van der Waals surface area contributed by atoms with Crippen LogP contribution in [0.1, 0.15) is 0 Å². The Labute approximate surface area is 51.3 Å². The van der Waals surface area contributed by atoms with Gasteiger partial charge in [-0.1, -0.05) is 5.16 Å². The van der Waals surface area contributed by atoms with Gasteiger partial charge in [0.1, 0.15) is 17.3 Å². The fourth-order valence-electron chi connectivity index (χ4n) is 0.657. The quantitative estimate of drug-likeness (QED) is 0.519. The van der Waals surface area contributed by atoms with Gasteiger partial charge in [-0.25, -0.2) is 0 Å². The first-order chi connectivity index (χ1) is 4.47. The van der Waals surface area contributed by atoms with Crippen molar-refractivity contribution in [3.05, 3.63) is 24.6 Å². The van der Waals surface area contributed by atoms with Crippen molar-refractivity contribution in [2.75, 3.05) is 0 Å². The molecule has 43 valence electrons. The number of fused-ring (bicyclic) bond motifs is 1. The molecule has 3 nitrogen and oxygen atoms in total. The van der Waals surface area contributed by atoms with Crippen molar-refractivity contribution in [1.29, 1.82) is 0 Å². The van der Waals surface area contributed by atoms with E-state index >= 15 is 0 Å². The minimum absolute atomic E-state index is 0.678. The molecule has 0 N–H and O–H groups in total. The molecule has 0 aliphatic carbocycles. The molecule has 0 saturated heterocycles. The number of rotatable bonds is 0. The first-order valence-corrected chi connectivity index (χ1v) is 2.53. The summed E-state index contributed by atoms with van der Waals surface area (Å²) in [6.07, 6.45) is 3.14. The van der Waals surface area contributed by atoms with E-state index in [-0.39, 0.29) is 0 Å². The van der Waals surface area contributed by atoms with Gasteiger partial charge in [-0.2, -0.15) is 0 Å². The molecule has 0 saturated carbocycles. The lowest BCUT2D eigenvalue weighted by atomic mass is 10.4. The SMILES string of the molecule is [c]1ccnc2conc12. The van der Waals surface area contributed by atoms with Gasteiger partial charge in [0.15, 0.2) is 0 Å². The van der Waals surface area contributed by atoms with Crippen LogP contribution in [0.25, 0.3) is 11.0 Å². The maximum Gasteiger partial charge on any atom is 0.150 e. The summed E-state index contributed by atoms with van der Waals surface area (Å²) >= 11 is 0. The molecule has 0 bridgehead atoms. The minimum Gasteiger partial charge on any atom is -0.362 e. The van der Waals surface area contributed by atoms with E-state index in [4.69, 9.17) is 0 Å².